The van der Waals surface area contributed by atoms with Gasteiger partial charge in [0, 0.05) is 5.92 Å². The number of aromatic nitrogens is 1. The number of aryl methyl sites for hydroxylation is 1. The highest BCUT2D eigenvalue weighted by Crippen LogP contribution is 2.22. The Morgan fingerprint density at radius 1 is 1.42 bits per heavy atom. The Kier molecular flexibility index (Phi) is 4.62. The monoisotopic (exact) mass is 269 g/mol. The van der Waals surface area contributed by atoms with Crippen molar-refractivity contribution in [1.82, 2.24) is 10.5 Å². The number of rotatable bonds is 4. The minimum atomic E-state index is -1.01. The molecule has 0 saturated heterocycles. The Balaban J connectivity index is 2.71. The summed E-state index contributed by atoms with van der Waals surface area (Å²) in [6, 6.07) is -1.01. The van der Waals surface area contributed by atoms with Crippen molar-refractivity contribution in [3.8, 4) is 0 Å². The van der Waals surface area contributed by atoms with Crippen LogP contribution in [-0.2, 0) is 9.53 Å². The van der Waals surface area contributed by atoms with Crippen LogP contribution in [0.3, 0.4) is 0 Å². The number of primary amides is 1. The predicted octanol–water partition coefficient (Wildman–Crippen LogP) is 0.458. The molecule has 0 bridgehead atoms. The summed E-state index contributed by atoms with van der Waals surface area (Å²) in [4.78, 5) is 33.3. The van der Waals surface area contributed by atoms with Gasteiger partial charge >= 0.3 is 12.0 Å². The molecule has 0 radical (unpaired) electrons. The van der Waals surface area contributed by atoms with Crippen molar-refractivity contribution >= 4 is 17.9 Å². The quantitative estimate of drug-likeness (QED) is 0.765. The summed E-state index contributed by atoms with van der Waals surface area (Å²) in [5.41, 5.74) is 5.32. The largest absolute Gasteiger partial charge is 0.452 e. The summed E-state index contributed by atoms with van der Waals surface area (Å²) in [5.74, 6) is -1.20. The number of ether oxygens (including phenoxy) is 1. The number of nitrogens with two attached hydrogens (primary N) is 1. The fourth-order valence-corrected chi connectivity index (χ4v) is 1.41. The molecule has 3 amide bonds. The van der Waals surface area contributed by atoms with E-state index in [0.29, 0.717) is 11.5 Å². The molecular weight excluding hydrogens is 254 g/mol. The van der Waals surface area contributed by atoms with Crippen molar-refractivity contribution in [2.45, 2.75) is 26.7 Å². The van der Waals surface area contributed by atoms with Gasteiger partial charge in [0.2, 0.25) is 0 Å². The molecule has 0 unspecified atom stereocenters. The van der Waals surface area contributed by atoms with Crippen molar-refractivity contribution in [2.24, 2.45) is 5.73 Å². The average Bonchev–Trinajstić information content (AvgIpc) is 2.67. The van der Waals surface area contributed by atoms with Crippen LogP contribution in [0.4, 0.5) is 4.79 Å². The van der Waals surface area contributed by atoms with Gasteiger partial charge in [0.1, 0.15) is 5.56 Å². The van der Waals surface area contributed by atoms with Gasteiger partial charge in [-0.3, -0.25) is 10.1 Å². The van der Waals surface area contributed by atoms with Crippen LogP contribution in [0.15, 0.2) is 4.52 Å². The summed E-state index contributed by atoms with van der Waals surface area (Å²) in [7, 11) is 0. The Labute approximate surface area is 109 Å². The standard InChI is InChI=1S/C11H15N3O5/c1-5(2)9-8(6(3)14-19-9)10(16)18-4-7(15)13-11(12)17/h5H,4H2,1-3H3,(H3,12,13,15,17). The van der Waals surface area contributed by atoms with Gasteiger partial charge in [0.25, 0.3) is 5.91 Å². The number of nitrogens with one attached hydrogen (secondary N) is 1. The van der Waals surface area contributed by atoms with E-state index in [2.05, 4.69) is 5.16 Å². The zero-order valence-electron chi connectivity index (χ0n) is 10.9. The number of amides is 3. The van der Waals surface area contributed by atoms with Crippen LogP contribution in [0.1, 0.15) is 41.6 Å². The van der Waals surface area contributed by atoms with Crippen LogP contribution in [0, 0.1) is 6.92 Å². The van der Waals surface area contributed by atoms with Crippen molar-refractivity contribution in [3.05, 3.63) is 17.0 Å². The molecule has 0 aliphatic carbocycles. The molecule has 8 heteroatoms. The average molecular weight is 269 g/mol. The minimum Gasteiger partial charge on any atom is -0.452 e. The Morgan fingerprint density at radius 3 is 2.58 bits per heavy atom. The molecule has 19 heavy (non-hydrogen) atoms. The van der Waals surface area contributed by atoms with E-state index in [1.165, 1.54) is 0 Å². The maximum absolute atomic E-state index is 11.8. The lowest BCUT2D eigenvalue weighted by molar-refractivity contribution is -0.123. The zero-order chi connectivity index (χ0) is 14.6. The highest BCUT2D eigenvalue weighted by atomic mass is 16.5. The van der Waals surface area contributed by atoms with Crippen LogP contribution in [-0.4, -0.2) is 29.7 Å². The minimum absolute atomic E-state index is 0.0526. The lowest BCUT2D eigenvalue weighted by Gasteiger charge is -2.06. The molecule has 0 fully saturated rings. The number of imide groups is 1. The third kappa shape index (κ3) is 3.80. The molecule has 0 aliphatic rings. The molecule has 1 heterocycles. The lowest BCUT2D eigenvalue weighted by atomic mass is 10.1. The first-order chi connectivity index (χ1) is 8.82. The van der Waals surface area contributed by atoms with E-state index < -0.39 is 24.5 Å². The normalized spacial score (nSPS) is 10.3. The molecule has 0 aliphatic heterocycles. The summed E-state index contributed by atoms with van der Waals surface area (Å²) in [6.45, 7) is 4.65. The molecule has 3 N–H and O–H groups in total. The van der Waals surface area contributed by atoms with E-state index in [1.54, 1.807) is 12.2 Å². The fourth-order valence-electron chi connectivity index (χ4n) is 1.41. The van der Waals surface area contributed by atoms with E-state index in [9.17, 15) is 14.4 Å². The number of hydrogen-bond acceptors (Lipinski definition) is 6. The molecule has 0 spiro atoms. The third-order valence-corrected chi connectivity index (χ3v) is 2.21. The molecule has 0 saturated carbocycles. The summed E-state index contributed by atoms with van der Waals surface area (Å²) in [6.07, 6.45) is 0. The molecule has 104 valence electrons. The van der Waals surface area contributed by atoms with Crippen molar-refractivity contribution in [3.63, 3.8) is 0 Å². The number of nitrogens with zero attached hydrogens (tertiary/aromatic N) is 1. The van der Waals surface area contributed by atoms with Gasteiger partial charge in [0.15, 0.2) is 12.4 Å². The first-order valence-corrected chi connectivity index (χ1v) is 5.55. The van der Waals surface area contributed by atoms with Gasteiger partial charge in [-0.2, -0.15) is 0 Å². The maximum atomic E-state index is 11.8. The molecular formula is C11H15N3O5. The molecule has 1 aromatic heterocycles. The maximum Gasteiger partial charge on any atom is 0.344 e. The summed E-state index contributed by atoms with van der Waals surface area (Å²) < 4.78 is 9.79. The van der Waals surface area contributed by atoms with Gasteiger partial charge in [-0.15, -0.1) is 0 Å². The zero-order valence-corrected chi connectivity index (χ0v) is 10.9. The van der Waals surface area contributed by atoms with Gasteiger partial charge < -0.3 is 15.0 Å². The van der Waals surface area contributed by atoms with Gasteiger partial charge in [0.05, 0.1) is 5.69 Å². The van der Waals surface area contributed by atoms with E-state index in [4.69, 9.17) is 15.0 Å². The van der Waals surface area contributed by atoms with Crippen molar-refractivity contribution in [2.75, 3.05) is 6.61 Å². The second-order valence-corrected chi connectivity index (χ2v) is 4.15. The van der Waals surface area contributed by atoms with E-state index in [-0.39, 0.29) is 11.5 Å². The Bertz CT molecular complexity index is 506. The van der Waals surface area contributed by atoms with Gasteiger partial charge in [-0.05, 0) is 6.92 Å². The molecule has 1 rings (SSSR count). The SMILES string of the molecule is Cc1noc(C(C)C)c1C(=O)OCC(=O)NC(N)=O. The van der Waals surface area contributed by atoms with E-state index in [0.717, 1.165) is 0 Å². The molecule has 0 aromatic carbocycles. The second kappa shape index (κ2) is 5.98. The van der Waals surface area contributed by atoms with Gasteiger partial charge in [-0.1, -0.05) is 19.0 Å². The molecule has 8 nitrogen and oxygen atoms in total. The van der Waals surface area contributed by atoms with Crippen LogP contribution in [0.5, 0.6) is 0 Å². The number of hydrogen-bond donors (Lipinski definition) is 2. The highest BCUT2D eigenvalue weighted by Gasteiger charge is 2.24. The predicted molar refractivity (Wildman–Crippen MR) is 63.3 cm³/mol. The van der Waals surface area contributed by atoms with Crippen LogP contribution >= 0.6 is 0 Å². The number of urea groups is 1. The van der Waals surface area contributed by atoms with Crippen molar-refractivity contribution < 1.29 is 23.6 Å². The fraction of sp³-hybridized carbons (Fsp3) is 0.455. The Morgan fingerprint density at radius 2 is 2.05 bits per heavy atom. The molecule has 1 aromatic rings. The van der Waals surface area contributed by atoms with Crippen molar-refractivity contribution in [1.29, 1.82) is 0 Å². The topological polar surface area (TPSA) is 125 Å². The summed E-state index contributed by atoms with van der Waals surface area (Å²) in [5, 5.41) is 5.46. The highest BCUT2D eigenvalue weighted by molar-refractivity contribution is 5.97. The third-order valence-electron chi connectivity index (χ3n) is 2.21. The smallest absolute Gasteiger partial charge is 0.344 e. The van der Waals surface area contributed by atoms with Crippen LogP contribution in [0.2, 0.25) is 0 Å². The number of carbonyl (C=O) groups excluding carboxylic acids is 3. The second-order valence-electron chi connectivity index (χ2n) is 4.15. The Hall–Kier alpha value is -2.38. The van der Waals surface area contributed by atoms with E-state index in [1.807, 2.05) is 13.8 Å². The number of esters is 1. The first kappa shape index (κ1) is 14.7. The summed E-state index contributed by atoms with van der Waals surface area (Å²) >= 11 is 0. The number of carbonyl (C=O) groups is 3. The molecule has 0 atom stereocenters. The van der Waals surface area contributed by atoms with E-state index >= 15 is 0 Å². The van der Waals surface area contributed by atoms with Crippen LogP contribution in [0.25, 0.3) is 0 Å². The first-order valence-electron chi connectivity index (χ1n) is 5.55. The van der Waals surface area contributed by atoms with Gasteiger partial charge in [-0.25, -0.2) is 9.59 Å². The lowest BCUT2D eigenvalue weighted by Crippen LogP contribution is -2.37. The van der Waals surface area contributed by atoms with Crippen LogP contribution < -0.4 is 11.1 Å².